The number of nitrogens with zero attached hydrogens (tertiary/aromatic N) is 2. The van der Waals surface area contributed by atoms with Crippen LogP contribution in [0.3, 0.4) is 0 Å². The number of ether oxygens (including phenoxy) is 1. The average Bonchev–Trinajstić information content (AvgIpc) is 2.85. The van der Waals surface area contributed by atoms with Gasteiger partial charge in [0.2, 0.25) is 0 Å². The first-order chi connectivity index (χ1) is 16.6. The van der Waals surface area contributed by atoms with E-state index in [1.807, 2.05) is 24.3 Å². The van der Waals surface area contributed by atoms with Crippen molar-refractivity contribution < 1.29 is 13.5 Å². The molecule has 0 saturated carbocycles. The Morgan fingerprint density at radius 2 is 1.47 bits per heavy atom. The molecular formula is C29H34F2N2O. The van der Waals surface area contributed by atoms with Gasteiger partial charge >= 0.3 is 0 Å². The lowest BCUT2D eigenvalue weighted by Gasteiger charge is -2.41. The van der Waals surface area contributed by atoms with Crippen molar-refractivity contribution in [3.63, 3.8) is 0 Å². The van der Waals surface area contributed by atoms with E-state index in [-0.39, 0.29) is 17.6 Å². The summed E-state index contributed by atoms with van der Waals surface area (Å²) >= 11 is 0. The summed E-state index contributed by atoms with van der Waals surface area (Å²) < 4.78 is 32.6. The lowest BCUT2D eigenvalue weighted by atomic mass is 9.87. The van der Waals surface area contributed by atoms with Crippen LogP contribution in [0.5, 0.6) is 0 Å². The third-order valence-electron chi connectivity index (χ3n) is 6.78. The molecule has 0 amide bonds. The maximum absolute atomic E-state index is 13.5. The third kappa shape index (κ3) is 6.72. The molecule has 1 fully saturated rings. The summed E-state index contributed by atoms with van der Waals surface area (Å²) in [5, 5.41) is 0. The maximum Gasteiger partial charge on any atom is 0.123 e. The van der Waals surface area contributed by atoms with Crippen LogP contribution in [0.15, 0.2) is 78.9 Å². The fourth-order valence-corrected chi connectivity index (χ4v) is 5.00. The van der Waals surface area contributed by atoms with Crippen molar-refractivity contribution in [3.05, 3.63) is 107 Å². The second-order valence-corrected chi connectivity index (χ2v) is 9.16. The Morgan fingerprint density at radius 3 is 2.06 bits per heavy atom. The molecule has 3 aromatic rings. The molecule has 0 aromatic heterocycles. The lowest BCUT2D eigenvalue weighted by Crippen LogP contribution is -2.54. The van der Waals surface area contributed by atoms with Crippen molar-refractivity contribution in [1.29, 1.82) is 0 Å². The quantitative estimate of drug-likeness (QED) is 0.382. The Kier molecular flexibility index (Phi) is 8.80. The van der Waals surface area contributed by atoms with E-state index in [4.69, 9.17) is 4.74 Å². The van der Waals surface area contributed by atoms with Crippen LogP contribution in [0.25, 0.3) is 0 Å². The van der Waals surface area contributed by atoms with Crippen LogP contribution in [0, 0.1) is 11.6 Å². The molecule has 0 spiro atoms. The Labute approximate surface area is 202 Å². The number of hydrogen-bond donors (Lipinski definition) is 0. The normalized spacial score (nSPS) is 17.4. The van der Waals surface area contributed by atoms with Gasteiger partial charge in [0.25, 0.3) is 0 Å². The summed E-state index contributed by atoms with van der Waals surface area (Å²) in [6.45, 7) is 5.69. The van der Waals surface area contributed by atoms with E-state index < -0.39 is 0 Å². The zero-order chi connectivity index (χ0) is 23.8. The van der Waals surface area contributed by atoms with Crippen LogP contribution in [0.1, 0.15) is 35.4 Å². The molecule has 1 aliphatic rings. The molecular weight excluding hydrogens is 430 g/mol. The molecule has 3 aromatic carbocycles. The molecule has 1 heterocycles. The van der Waals surface area contributed by atoms with E-state index in [1.165, 1.54) is 29.8 Å². The molecule has 4 rings (SSSR count). The highest BCUT2D eigenvalue weighted by Crippen LogP contribution is 2.30. The Hall–Kier alpha value is -2.60. The van der Waals surface area contributed by atoms with Gasteiger partial charge in [-0.25, -0.2) is 8.78 Å². The van der Waals surface area contributed by atoms with Crippen molar-refractivity contribution in [2.24, 2.45) is 0 Å². The Balaban J connectivity index is 1.38. The monoisotopic (exact) mass is 464 g/mol. The van der Waals surface area contributed by atoms with Gasteiger partial charge in [0.1, 0.15) is 11.6 Å². The lowest BCUT2D eigenvalue weighted by molar-refractivity contribution is 0.0214. The Morgan fingerprint density at radius 1 is 0.853 bits per heavy atom. The highest BCUT2D eigenvalue weighted by atomic mass is 19.1. The summed E-state index contributed by atoms with van der Waals surface area (Å²) in [5.74, 6) is -0.365. The van der Waals surface area contributed by atoms with Gasteiger partial charge < -0.3 is 4.74 Å². The molecule has 1 atom stereocenters. The summed E-state index contributed by atoms with van der Waals surface area (Å²) in [4.78, 5) is 5.05. The fraction of sp³-hybridized carbons (Fsp3) is 0.379. The van der Waals surface area contributed by atoms with Crippen molar-refractivity contribution in [2.45, 2.75) is 31.3 Å². The van der Waals surface area contributed by atoms with Gasteiger partial charge in [-0.2, -0.15) is 0 Å². The summed E-state index contributed by atoms with van der Waals surface area (Å²) in [6, 6.07) is 24.4. The Bertz CT molecular complexity index is 949. The molecule has 180 valence electrons. The first kappa shape index (κ1) is 24.5. The van der Waals surface area contributed by atoms with Gasteiger partial charge in [0, 0.05) is 45.2 Å². The first-order valence-electron chi connectivity index (χ1n) is 12.1. The molecule has 0 N–H and O–H groups in total. The number of hydrogen-bond acceptors (Lipinski definition) is 3. The summed E-state index contributed by atoms with van der Waals surface area (Å²) in [7, 11) is 1.77. The van der Waals surface area contributed by atoms with E-state index in [1.54, 1.807) is 7.11 Å². The zero-order valence-corrected chi connectivity index (χ0v) is 19.9. The van der Waals surface area contributed by atoms with Crippen LogP contribution in [-0.2, 0) is 11.3 Å². The smallest absolute Gasteiger partial charge is 0.123 e. The van der Waals surface area contributed by atoms with Gasteiger partial charge in [0.05, 0.1) is 6.61 Å². The van der Waals surface area contributed by atoms with E-state index in [0.717, 1.165) is 56.7 Å². The minimum atomic E-state index is -0.239. The molecule has 3 nitrogen and oxygen atoms in total. The number of piperazine rings is 1. The van der Waals surface area contributed by atoms with E-state index >= 15 is 0 Å². The molecule has 0 bridgehead atoms. The van der Waals surface area contributed by atoms with Gasteiger partial charge in [-0.1, -0.05) is 54.6 Å². The molecule has 0 radical (unpaired) electrons. The summed E-state index contributed by atoms with van der Waals surface area (Å²) in [5.41, 5.74) is 3.47. The minimum Gasteiger partial charge on any atom is -0.383 e. The second-order valence-electron chi connectivity index (χ2n) is 9.16. The molecule has 0 aliphatic carbocycles. The predicted molar refractivity (Wildman–Crippen MR) is 133 cm³/mol. The van der Waals surface area contributed by atoms with Crippen LogP contribution in [0.2, 0.25) is 0 Å². The van der Waals surface area contributed by atoms with Gasteiger partial charge in [-0.05, 0) is 60.3 Å². The van der Waals surface area contributed by atoms with Gasteiger partial charge in [-0.15, -0.1) is 0 Å². The number of benzene rings is 3. The molecule has 5 heteroatoms. The summed E-state index contributed by atoms with van der Waals surface area (Å²) in [6.07, 6.45) is 1.92. The number of rotatable bonds is 10. The molecule has 1 saturated heterocycles. The van der Waals surface area contributed by atoms with Crippen molar-refractivity contribution >= 4 is 0 Å². The van der Waals surface area contributed by atoms with E-state index in [9.17, 15) is 8.78 Å². The third-order valence-corrected chi connectivity index (χ3v) is 6.78. The van der Waals surface area contributed by atoms with Crippen molar-refractivity contribution in [2.75, 3.05) is 39.9 Å². The topological polar surface area (TPSA) is 15.7 Å². The molecule has 1 unspecified atom stereocenters. The number of halogens is 2. The van der Waals surface area contributed by atoms with Gasteiger partial charge in [0.15, 0.2) is 0 Å². The fourth-order valence-electron chi connectivity index (χ4n) is 5.00. The van der Waals surface area contributed by atoms with Crippen LogP contribution in [-0.4, -0.2) is 55.7 Å². The van der Waals surface area contributed by atoms with E-state index in [0.29, 0.717) is 12.6 Å². The minimum absolute atomic E-state index is 0.112. The SMILES string of the molecule is COCC1CN(Cc2ccccc2)CCN1CCCC(c1ccc(F)cc1)c1ccc(F)cc1. The standard InChI is InChI=1S/C29H34F2N2O/c1-34-22-28-21-32(20-23-6-3-2-4-7-23)18-19-33(28)17-5-8-29(24-9-13-26(30)14-10-24)25-11-15-27(31)16-12-25/h2-4,6-7,9-16,28-29H,5,8,17-22H2,1H3. The zero-order valence-electron chi connectivity index (χ0n) is 19.9. The maximum atomic E-state index is 13.5. The molecule has 1 aliphatic heterocycles. The first-order valence-corrected chi connectivity index (χ1v) is 12.1. The van der Waals surface area contributed by atoms with Crippen LogP contribution in [0.4, 0.5) is 8.78 Å². The number of methoxy groups -OCH3 is 1. The molecule has 34 heavy (non-hydrogen) atoms. The predicted octanol–water partition coefficient (Wildman–Crippen LogP) is 5.71. The highest BCUT2D eigenvalue weighted by molar-refractivity contribution is 5.32. The largest absolute Gasteiger partial charge is 0.383 e. The average molecular weight is 465 g/mol. The van der Waals surface area contributed by atoms with Crippen LogP contribution >= 0.6 is 0 Å². The van der Waals surface area contributed by atoms with Crippen molar-refractivity contribution in [1.82, 2.24) is 9.80 Å². The van der Waals surface area contributed by atoms with Crippen LogP contribution < -0.4 is 0 Å². The van der Waals surface area contributed by atoms with Crippen molar-refractivity contribution in [3.8, 4) is 0 Å². The second kappa shape index (κ2) is 12.2. The van der Waals surface area contributed by atoms with E-state index in [2.05, 4.69) is 40.1 Å². The highest BCUT2D eigenvalue weighted by Gasteiger charge is 2.27. The van der Waals surface area contributed by atoms with Gasteiger partial charge in [-0.3, -0.25) is 9.80 Å².